The van der Waals surface area contributed by atoms with Crippen molar-refractivity contribution in [3.63, 3.8) is 0 Å². The SMILES string of the molecule is O=C(O)c1ccc(C2=CC(c3cc(Cl)cc(Cl)c3)(C(F)F)ON2)c2ccccc12. The summed E-state index contributed by atoms with van der Waals surface area (Å²) in [6.45, 7) is 0. The molecule has 0 aliphatic carbocycles. The van der Waals surface area contributed by atoms with Gasteiger partial charge in [-0.1, -0.05) is 53.5 Å². The molecule has 3 aromatic rings. The van der Waals surface area contributed by atoms with Crippen LogP contribution in [0.1, 0.15) is 21.5 Å². The molecule has 148 valence electrons. The summed E-state index contributed by atoms with van der Waals surface area (Å²) in [5.74, 6) is -1.08. The number of benzene rings is 3. The van der Waals surface area contributed by atoms with E-state index in [-0.39, 0.29) is 26.9 Å². The summed E-state index contributed by atoms with van der Waals surface area (Å²) in [4.78, 5) is 16.9. The van der Waals surface area contributed by atoms with E-state index >= 15 is 0 Å². The zero-order chi connectivity index (χ0) is 20.8. The van der Waals surface area contributed by atoms with Gasteiger partial charge >= 0.3 is 5.97 Å². The van der Waals surface area contributed by atoms with E-state index in [4.69, 9.17) is 28.0 Å². The maximum absolute atomic E-state index is 14.1. The molecule has 8 heteroatoms. The Kier molecular flexibility index (Phi) is 4.94. The molecule has 1 aliphatic heterocycles. The van der Waals surface area contributed by atoms with Crippen molar-refractivity contribution in [2.75, 3.05) is 0 Å². The lowest BCUT2D eigenvalue weighted by Crippen LogP contribution is -2.35. The van der Waals surface area contributed by atoms with E-state index in [1.807, 2.05) is 0 Å². The molecule has 1 aliphatic rings. The van der Waals surface area contributed by atoms with Gasteiger partial charge in [-0.2, -0.15) is 0 Å². The Morgan fingerprint density at radius 2 is 1.69 bits per heavy atom. The molecule has 0 bridgehead atoms. The largest absolute Gasteiger partial charge is 0.478 e. The van der Waals surface area contributed by atoms with Crippen LogP contribution < -0.4 is 5.48 Å². The monoisotopic (exact) mass is 435 g/mol. The van der Waals surface area contributed by atoms with Gasteiger partial charge in [-0.05, 0) is 46.7 Å². The van der Waals surface area contributed by atoms with E-state index in [9.17, 15) is 18.7 Å². The number of aromatic carboxylic acids is 1. The Morgan fingerprint density at radius 3 is 2.31 bits per heavy atom. The van der Waals surface area contributed by atoms with Gasteiger partial charge in [-0.25, -0.2) is 13.6 Å². The van der Waals surface area contributed by atoms with Crippen LogP contribution in [0.15, 0.2) is 60.7 Å². The van der Waals surface area contributed by atoms with Crippen molar-refractivity contribution in [3.8, 4) is 0 Å². The van der Waals surface area contributed by atoms with E-state index in [2.05, 4.69) is 5.48 Å². The highest BCUT2D eigenvalue weighted by molar-refractivity contribution is 6.34. The van der Waals surface area contributed by atoms with Gasteiger partial charge in [0.25, 0.3) is 6.43 Å². The number of carbonyl (C=O) groups is 1. The van der Waals surface area contributed by atoms with Crippen LogP contribution in [0.3, 0.4) is 0 Å². The molecule has 0 spiro atoms. The molecular formula is C21H13Cl2F2NO3. The molecule has 0 radical (unpaired) electrons. The number of fused-ring (bicyclic) bond motifs is 1. The fourth-order valence-corrected chi connectivity index (χ4v) is 3.95. The summed E-state index contributed by atoms with van der Waals surface area (Å²) in [6, 6.07) is 14.0. The lowest BCUT2D eigenvalue weighted by Gasteiger charge is -2.25. The van der Waals surface area contributed by atoms with Crippen LogP contribution in [0.4, 0.5) is 8.78 Å². The highest BCUT2D eigenvalue weighted by atomic mass is 35.5. The maximum atomic E-state index is 14.1. The fraction of sp³-hybridized carbons (Fsp3) is 0.0952. The first kappa shape index (κ1) is 19.6. The van der Waals surface area contributed by atoms with E-state index in [1.165, 1.54) is 30.3 Å². The van der Waals surface area contributed by atoms with Gasteiger partial charge in [0.15, 0.2) is 0 Å². The van der Waals surface area contributed by atoms with Crippen LogP contribution in [-0.2, 0) is 10.4 Å². The third-order valence-corrected chi connectivity index (χ3v) is 5.21. The first-order chi connectivity index (χ1) is 13.8. The molecule has 0 fully saturated rings. The Morgan fingerprint density at radius 1 is 1.03 bits per heavy atom. The third kappa shape index (κ3) is 3.33. The second-order valence-electron chi connectivity index (χ2n) is 6.53. The van der Waals surface area contributed by atoms with E-state index in [0.717, 1.165) is 0 Å². The lowest BCUT2D eigenvalue weighted by atomic mass is 9.91. The normalized spacial score (nSPS) is 18.7. The first-order valence-corrected chi connectivity index (χ1v) is 9.24. The number of hydrogen-bond donors (Lipinski definition) is 2. The average molecular weight is 436 g/mol. The van der Waals surface area contributed by atoms with Gasteiger partial charge in [-0.15, -0.1) is 0 Å². The summed E-state index contributed by atoms with van der Waals surface area (Å²) in [6.07, 6.45) is -1.66. The quantitative estimate of drug-likeness (QED) is 0.536. The Bertz CT molecular complexity index is 1150. The molecule has 1 heterocycles. The molecule has 1 unspecified atom stereocenters. The molecule has 0 amide bonds. The Hall–Kier alpha value is -2.67. The minimum Gasteiger partial charge on any atom is -0.478 e. The molecular weight excluding hydrogens is 423 g/mol. The lowest BCUT2D eigenvalue weighted by molar-refractivity contribution is -0.129. The molecule has 0 aromatic heterocycles. The van der Waals surface area contributed by atoms with E-state index in [0.29, 0.717) is 16.3 Å². The van der Waals surface area contributed by atoms with Crippen molar-refractivity contribution in [2.45, 2.75) is 12.0 Å². The molecule has 3 aromatic carbocycles. The minimum atomic E-state index is -2.92. The second kappa shape index (κ2) is 7.30. The van der Waals surface area contributed by atoms with Crippen molar-refractivity contribution in [1.29, 1.82) is 0 Å². The molecule has 4 nitrogen and oxygen atoms in total. The van der Waals surface area contributed by atoms with Gasteiger partial charge in [0, 0.05) is 15.6 Å². The number of carboxylic acid groups (broad SMARTS) is 1. The van der Waals surface area contributed by atoms with Gasteiger partial charge in [0.05, 0.1) is 11.3 Å². The summed E-state index contributed by atoms with van der Waals surface area (Å²) >= 11 is 12.0. The van der Waals surface area contributed by atoms with Crippen molar-refractivity contribution in [3.05, 3.63) is 87.4 Å². The summed E-state index contributed by atoms with van der Waals surface area (Å²) < 4.78 is 28.3. The van der Waals surface area contributed by atoms with Crippen LogP contribution >= 0.6 is 23.2 Å². The van der Waals surface area contributed by atoms with Crippen molar-refractivity contribution < 1.29 is 23.5 Å². The Balaban J connectivity index is 1.90. The van der Waals surface area contributed by atoms with Gasteiger partial charge < -0.3 is 5.11 Å². The van der Waals surface area contributed by atoms with Crippen LogP contribution in [0.25, 0.3) is 16.5 Å². The molecule has 1 atom stereocenters. The average Bonchev–Trinajstić information content (AvgIpc) is 3.13. The molecule has 0 saturated heterocycles. The highest BCUT2D eigenvalue weighted by Crippen LogP contribution is 2.42. The molecule has 29 heavy (non-hydrogen) atoms. The smallest absolute Gasteiger partial charge is 0.336 e. The fourth-order valence-electron chi connectivity index (χ4n) is 3.42. The van der Waals surface area contributed by atoms with E-state index < -0.39 is 18.0 Å². The van der Waals surface area contributed by atoms with Crippen LogP contribution in [0.5, 0.6) is 0 Å². The van der Waals surface area contributed by atoms with Crippen molar-refractivity contribution >= 4 is 45.6 Å². The van der Waals surface area contributed by atoms with Crippen LogP contribution in [0.2, 0.25) is 10.0 Å². The topological polar surface area (TPSA) is 58.6 Å². The number of halogens is 4. The first-order valence-electron chi connectivity index (χ1n) is 8.49. The van der Waals surface area contributed by atoms with Crippen molar-refractivity contribution in [1.82, 2.24) is 5.48 Å². The van der Waals surface area contributed by atoms with Crippen molar-refractivity contribution in [2.24, 2.45) is 0 Å². The predicted octanol–water partition coefficient (Wildman–Crippen LogP) is 5.88. The predicted molar refractivity (Wildman–Crippen MR) is 107 cm³/mol. The molecule has 2 N–H and O–H groups in total. The number of carboxylic acids is 1. The number of hydrogen-bond acceptors (Lipinski definition) is 3. The van der Waals surface area contributed by atoms with Gasteiger partial charge in [-0.3, -0.25) is 10.3 Å². The maximum Gasteiger partial charge on any atom is 0.336 e. The zero-order valence-corrected chi connectivity index (χ0v) is 16.1. The standard InChI is InChI=1S/C21H13Cl2F2NO3/c22-12-7-11(8-13(23)9-12)21(20(24)25)10-18(26-29-21)16-5-6-17(19(27)28)15-4-2-1-3-14(15)16/h1-10,20,26H,(H,27,28). The number of rotatable bonds is 4. The van der Waals surface area contributed by atoms with E-state index in [1.54, 1.807) is 30.3 Å². The molecule has 4 rings (SSSR count). The van der Waals surface area contributed by atoms with Gasteiger partial charge in [0.2, 0.25) is 5.60 Å². The van der Waals surface area contributed by atoms with Gasteiger partial charge in [0.1, 0.15) is 0 Å². The second-order valence-corrected chi connectivity index (χ2v) is 7.40. The van der Waals surface area contributed by atoms with Crippen LogP contribution in [0, 0.1) is 0 Å². The number of alkyl halides is 2. The third-order valence-electron chi connectivity index (χ3n) is 4.77. The molecule has 0 saturated carbocycles. The summed E-state index contributed by atoms with van der Waals surface area (Å²) in [7, 11) is 0. The highest BCUT2D eigenvalue weighted by Gasteiger charge is 2.46. The minimum absolute atomic E-state index is 0.0963. The summed E-state index contributed by atoms with van der Waals surface area (Å²) in [5.41, 5.74) is 1.50. The number of hydroxylamine groups is 1. The van der Waals surface area contributed by atoms with Crippen LogP contribution in [-0.4, -0.2) is 17.5 Å². The zero-order valence-electron chi connectivity index (χ0n) is 14.6. The number of nitrogens with one attached hydrogen (secondary N) is 1. The summed E-state index contributed by atoms with van der Waals surface area (Å²) in [5, 5.41) is 10.9. The Labute approximate surface area is 174 Å².